The van der Waals surface area contributed by atoms with Crippen LogP contribution in [0.5, 0.6) is 0 Å². The quantitative estimate of drug-likeness (QED) is 0.582. The zero-order valence-electron chi connectivity index (χ0n) is 12.7. The van der Waals surface area contributed by atoms with Crippen molar-refractivity contribution in [2.24, 2.45) is 5.92 Å². The van der Waals surface area contributed by atoms with Gasteiger partial charge in [0.2, 0.25) is 0 Å². The first-order valence-corrected chi connectivity index (χ1v) is 7.52. The summed E-state index contributed by atoms with van der Waals surface area (Å²) >= 11 is 0. The number of hydrogen-bond acceptors (Lipinski definition) is 4. The molecule has 0 aromatic rings. The lowest BCUT2D eigenvalue weighted by Gasteiger charge is -2.26. The molecule has 0 heterocycles. The van der Waals surface area contributed by atoms with Gasteiger partial charge in [-0.15, -0.1) is 0 Å². The van der Waals surface area contributed by atoms with Crippen molar-refractivity contribution in [2.45, 2.75) is 45.1 Å². The number of ether oxygens (including phenoxy) is 1. The van der Waals surface area contributed by atoms with Crippen LogP contribution in [0.4, 0.5) is 0 Å². The summed E-state index contributed by atoms with van der Waals surface area (Å²) in [4.78, 5) is 2.25. The van der Waals surface area contributed by atoms with Crippen LogP contribution < -0.4 is 5.32 Å². The van der Waals surface area contributed by atoms with Gasteiger partial charge in [-0.05, 0) is 52.1 Å². The molecule has 0 radical (unpaired) electrons. The van der Waals surface area contributed by atoms with Crippen molar-refractivity contribution in [3.8, 4) is 6.07 Å². The van der Waals surface area contributed by atoms with Gasteiger partial charge >= 0.3 is 0 Å². The molecule has 1 aliphatic rings. The SMILES string of the molecule is CCCNC(C)(C#N)CCN(C)CCOCC1CC1. The average Bonchev–Trinajstić information content (AvgIpc) is 3.23. The van der Waals surface area contributed by atoms with E-state index in [1.54, 1.807) is 0 Å². The third kappa shape index (κ3) is 7.51. The molecule has 1 rings (SSSR count). The van der Waals surface area contributed by atoms with Crippen molar-refractivity contribution >= 4 is 0 Å². The molecule has 1 aliphatic carbocycles. The summed E-state index contributed by atoms with van der Waals surface area (Å²) in [6.07, 6.45) is 4.60. The second kappa shape index (κ2) is 8.52. The fourth-order valence-corrected chi connectivity index (χ4v) is 1.87. The predicted molar refractivity (Wildman–Crippen MR) is 78.0 cm³/mol. The van der Waals surface area contributed by atoms with E-state index in [4.69, 9.17) is 4.74 Å². The Morgan fingerprint density at radius 3 is 2.74 bits per heavy atom. The van der Waals surface area contributed by atoms with Crippen molar-refractivity contribution in [3.05, 3.63) is 0 Å². The molecule has 0 amide bonds. The summed E-state index contributed by atoms with van der Waals surface area (Å²) in [7, 11) is 2.10. The van der Waals surface area contributed by atoms with Crippen LogP contribution in [0.3, 0.4) is 0 Å². The molecule has 0 aromatic carbocycles. The normalized spacial score (nSPS) is 18.3. The lowest BCUT2D eigenvalue weighted by molar-refractivity contribution is 0.102. The van der Waals surface area contributed by atoms with Gasteiger partial charge in [-0.1, -0.05) is 6.92 Å². The van der Waals surface area contributed by atoms with E-state index in [1.165, 1.54) is 12.8 Å². The van der Waals surface area contributed by atoms with E-state index in [9.17, 15) is 5.26 Å². The second-order valence-corrected chi connectivity index (χ2v) is 5.94. The Morgan fingerprint density at radius 1 is 1.42 bits per heavy atom. The lowest BCUT2D eigenvalue weighted by Crippen LogP contribution is -2.44. The van der Waals surface area contributed by atoms with Crippen LogP contribution in [-0.2, 0) is 4.74 Å². The first kappa shape index (κ1) is 16.4. The van der Waals surface area contributed by atoms with Crippen molar-refractivity contribution < 1.29 is 4.74 Å². The summed E-state index contributed by atoms with van der Waals surface area (Å²) in [6.45, 7) is 8.61. The third-order valence-corrected chi connectivity index (χ3v) is 3.67. The van der Waals surface area contributed by atoms with Crippen LogP contribution >= 0.6 is 0 Å². The number of nitrogens with one attached hydrogen (secondary N) is 1. The zero-order chi connectivity index (χ0) is 14.1. The van der Waals surface area contributed by atoms with Gasteiger partial charge in [-0.3, -0.25) is 5.32 Å². The van der Waals surface area contributed by atoms with Crippen LogP contribution in [0.1, 0.15) is 39.5 Å². The summed E-state index contributed by atoms with van der Waals surface area (Å²) in [5, 5.41) is 12.6. The predicted octanol–water partition coefficient (Wildman–Crippen LogP) is 2.02. The molecule has 0 aromatic heterocycles. The van der Waals surface area contributed by atoms with Gasteiger partial charge in [0.15, 0.2) is 0 Å². The van der Waals surface area contributed by atoms with Gasteiger partial charge in [0.05, 0.1) is 12.7 Å². The highest BCUT2D eigenvalue weighted by Crippen LogP contribution is 2.28. The molecular weight excluding hydrogens is 238 g/mol. The van der Waals surface area contributed by atoms with E-state index in [0.29, 0.717) is 0 Å². The van der Waals surface area contributed by atoms with E-state index in [1.807, 2.05) is 6.92 Å². The van der Waals surface area contributed by atoms with E-state index < -0.39 is 5.54 Å². The third-order valence-electron chi connectivity index (χ3n) is 3.67. The van der Waals surface area contributed by atoms with Crippen molar-refractivity contribution in [3.63, 3.8) is 0 Å². The molecule has 4 nitrogen and oxygen atoms in total. The van der Waals surface area contributed by atoms with Gasteiger partial charge in [-0.25, -0.2) is 0 Å². The largest absolute Gasteiger partial charge is 0.380 e. The Labute approximate surface area is 118 Å². The second-order valence-electron chi connectivity index (χ2n) is 5.94. The highest BCUT2D eigenvalue weighted by molar-refractivity contribution is 5.03. The van der Waals surface area contributed by atoms with Gasteiger partial charge in [0, 0.05) is 19.7 Å². The first-order valence-electron chi connectivity index (χ1n) is 7.52. The summed E-state index contributed by atoms with van der Waals surface area (Å²) in [6, 6.07) is 2.39. The fraction of sp³-hybridized carbons (Fsp3) is 0.933. The summed E-state index contributed by atoms with van der Waals surface area (Å²) in [5.74, 6) is 0.838. The minimum absolute atomic E-state index is 0.404. The van der Waals surface area contributed by atoms with Gasteiger partial charge in [0.1, 0.15) is 5.54 Å². The topological polar surface area (TPSA) is 48.3 Å². The average molecular weight is 267 g/mol. The molecule has 1 atom stereocenters. The number of rotatable bonds is 11. The van der Waals surface area contributed by atoms with E-state index >= 15 is 0 Å². The molecule has 0 spiro atoms. The molecule has 19 heavy (non-hydrogen) atoms. The molecule has 1 fully saturated rings. The highest BCUT2D eigenvalue weighted by Gasteiger charge is 2.23. The first-order chi connectivity index (χ1) is 9.09. The fourth-order valence-electron chi connectivity index (χ4n) is 1.87. The minimum atomic E-state index is -0.404. The highest BCUT2D eigenvalue weighted by atomic mass is 16.5. The van der Waals surface area contributed by atoms with E-state index in [2.05, 4.69) is 30.3 Å². The van der Waals surface area contributed by atoms with Crippen molar-refractivity contribution in [2.75, 3.05) is 39.9 Å². The maximum absolute atomic E-state index is 9.25. The summed E-state index contributed by atoms with van der Waals surface area (Å²) < 4.78 is 5.63. The molecule has 1 N–H and O–H groups in total. The number of likely N-dealkylation sites (N-methyl/N-ethyl adjacent to an activating group) is 1. The van der Waals surface area contributed by atoms with E-state index in [0.717, 1.165) is 51.6 Å². The molecule has 0 aliphatic heterocycles. The Balaban J connectivity index is 2.08. The Hall–Kier alpha value is -0.630. The Kier molecular flexibility index (Phi) is 7.37. The monoisotopic (exact) mass is 267 g/mol. The van der Waals surface area contributed by atoms with Gasteiger partial charge in [-0.2, -0.15) is 5.26 Å². The molecular formula is C15H29N3O. The molecule has 110 valence electrons. The number of hydrogen-bond donors (Lipinski definition) is 1. The molecule has 1 saturated carbocycles. The van der Waals surface area contributed by atoms with Crippen molar-refractivity contribution in [1.29, 1.82) is 5.26 Å². The maximum atomic E-state index is 9.25. The molecule has 0 bridgehead atoms. The molecule has 4 heteroatoms. The minimum Gasteiger partial charge on any atom is -0.380 e. The van der Waals surface area contributed by atoms with Crippen LogP contribution in [0, 0.1) is 17.2 Å². The number of nitrogens with zero attached hydrogens (tertiary/aromatic N) is 2. The van der Waals surface area contributed by atoms with Gasteiger partial charge in [0.25, 0.3) is 0 Å². The van der Waals surface area contributed by atoms with Crippen LogP contribution in [0.25, 0.3) is 0 Å². The van der Waals surface area contributed by atoms with Gasteiger partial charge < -0.3 is 9.64 Å². The number of nitriles is 1. The lowest BCUT2D eigenvalue weighted by atomic mass is 9.99. The molecule has 0 saturated heterocycles. The standard InChI is InChI=1S/C15H29N3O/c1-4-8-17-15(2,13-16)7-9-18(3)10-11-19-12-14-5-6-14/h14,17H,4-12H2,1-3H3. The van der Waals surface area contributed by atoms with Crippen LogP contribution in [0.15, 0.2) is 0 Å². The Morgan fingerprint density at radius 2 is 2.16 bits per heavy atom. The van der Waals surface area contributed by atoms with E-state index in [-0.39, 0.29) is 0 Å². The van der Waals surface area contributed by atoms with Crippen LogP contribution in [0.2, 0.25) is 0 Å². The van der Waals surface area contributed by atoms with Crippen molar-refractivity contribution in [1.82, 2.24) is 10.2 Å². The zero-order valence-corrected chi connectivity index (χ0v) is 12.7. The maximum Gasteiger partial charge on any atom is 0.105 e. The molecule has 1 unspecified atom stereocenters. The Bertz CT molecular complexity index is 286. The van der Waals surface area contributed by atoms with Crippen LogP contribution in [-0.4, -0.2) is 50.3 Å². The smallest absolute Gasteiger partial charge is 0.105 e. The summed E-state index contributed by atoms with van der Waals surface area (Å²) in [5.41, 5.74) is -0.404.